The minimum atomic E-state index is -4.42. The molecule has 0 saturated carbocycles. The van der Waals surface area contributed by atoms with Crippen molar-refractivity contribution in [3.63, 3.8) is 0 Å². The summed E-state index contributed by atoms with van der Waals surface area (Å²) in [6, 6.07) is 7.84. The average molecular weight is 234 g/mol. The van der Waals surface area contributed by atoms with E-state index in [0.29, 0.717) is 0 Å². The molecule has 0 aliphatic rings. The number of aliphatic hydroxyl groups is 1. The standard InChI is InChI=1S/C7H9O4P.2Na/c8-7(12(9,10)11)6-4-2-1-3-5-6;;/h1-5,7-8H,(H2,9,10,11);;. The Morgan fingerprint density at radius 3 is 1.86 bits per heavy atom. The summed E-state index contributed by atoms with van der Waals surface area (Å²) in [5, 5.41) is 9.09. The van der Waals surface area contributed by atoms with Gasteiger partial charge in [0.15, 0.2) is 5.85 Å². The molecule has 1 unspecified atom stereocenters. The van der Waals surface area contributed by atoms with Gasteiger partial charge in [-0.05, 0) is 5.56 Å². The van der Waals surface area contributed by atoms with Crippen molar-refractivity contribution >= 4 is 66.7 Å². The maximum absolute atomic E-state index is 10.6. The molecule has 0 aromatic heterocycles. The van der Waals surface area contributed by atoms with Crippen LogP contribution in [0.2, 0.25) is 0 Å². The van der Waals surface area contributed by atoms with Crippen LogP contribution < -0.4 is 0 Å². The topological polar surface area (TPSA) is 77.8 Å². The predicted molar refractivity (Wildman–Crippen MR) is 55.0 cm³/mol. The van der Waals surface area contributed by atoms with Crippen LogP contribution in [0.4, 0.5) is 0 Å². The van der Waals surface area contributed by atoms with Crippen LogP contribution in [0.25, 0.3) is 0 Å². The number of rotatable bonds is 2. The molecule has 4 nitrogen and oxygen atoms in total. The van der Waals surface area contributed by atoms with E-state index in [4.69, 9.17) is 14.9 Å². The third-order valence-electron chi connectivity index (χ3n) is 1.42. The Labute approximate surface area is 126 Å². The van der Waals surface area contributed by atoms with Crippen LogP contribution in [0, 0.1) is 0 Å². The van der Waals surface area contributed by atoms with Crippen molar-refractivity contribution in [3.05, 3.63) is 35.9 Å². The van der Waals surface area contributed by atoms with Crippen molar-refractivity contribution in [2.75, 3.05) is 0 Å². The maximum atomic E-state index is 10.6. The summed E-state index contributed by atoms with van der Waals surface area (Å²) in [6.07, 6.45) is 0. The van der Waals surface area contributed by atoms with Crippen LogP contribution in [0.5, 0.6) is 0 Å². The van der Waals surface area contributed by atoms with E-state index in [1.54, 1.807) is 18.2 Å². The van der Waals surface area contributed by atoms with Crippen molar-refractivity contribution in [1.82, 2.24) is 0 Å². The van der Waals surface area contributed by atoms with Gasteiger partial charge in [-0.1, -0.05) is 30.3 Å². The normalized spacial score (nSPS) is 12.2. The maximum Gasteiger partial charge on any atom is 0.358 e. The van der Waals surface area contributed by atoms with Gasteiger partial charge in [-0.3, -0.25) is 4.57 Å². The van der Waals surface area contributed by atoms with Crippen LogP contribution in [0.1, 0.15) is 11.4 Å². The predicted octanol–water partition coefficient (Wildman–Crippen LogP) is 0.0936. The fraction of sp³-hybridized carbons (Fsp3) is 0.143. The molecule has 1 rings (SSSR count). The van der Waals surface area contributed by atoms with Crippen LogP contribution in [0.3, 0.4) is 0 Å². The first kappa shape index (κ1) is 17.7. The van der Waals surface area contributed by atoms with Gasteiger partial charge in [0.1, 0.15) is 0 Å². The largest absolute Gasteiger partial charge is 0.376 e. The molecule has 14 heavy (non-hydrogen) atoms. The second-order valence-corrected chi connectivity index (χ2v) is 4.04. The molecule has 1 aromatic carbocycles. The van der Waals surface area contributed by atoms with E-state index in [1.807, 2.05) is 0 Å². The molecule has 0 bridgehead atoms. The van der Waals surface area contributed by atoms with Gasteiger partial charge in [0.05, 0.1) is 0 Å². The summed E-state index contributed by atoms with van der Waals surface area (Å²) < 4.78 is 10.6. The molecule has 0 heterocycles. The van der Waals surface area contributed by atoms with Gasteiger partial charge in [-0.15, -0.1) is 0 Å². The second kappa shape index (κ2) is 7.58. The second-order valence-electron chi connectivity index (χ2n) is 2.37. The molecular weight excluding hydrogens is 225 g/mol. The Kier molecular flexibility index (Phi) is 9.59. The Hall–Kier alpha value is 1.33. The molecule has 7 heteroatoms. The molecule has 1 aromatic rings. The summed E-state index contributed by atoms with van der Waals surface area (Å²) in [6.45, 7) is 0. The zero-order valence-corrected chi connectivity index (χ0v) is 13.1. The monoisotopic (exact) mass is 234 g/mol. The van der Waals surface area contributed by atoms with Gasteiger partial charge >= 0.3 is 7.60 Å². The molecule has 0 saturated heterocycles. The number of hydrogen-bond acceptors (Lipinski definition) is 2. The van der Waals surface area contributed by atoms with Crippen molar-refractivity contribution in [3.8, 4) is 0 Å². The number of hydrogen-bond donors (Lipinski definition) is 3. The van der Waals surface area contributed by atoms with Crippen molar-refractivity contribution in [2.24, 2.45) is 0 Å². The molecular formula is C7H9Na2O4P. The van der Waals surface area contributed by atoms with Gasteiger partial charge in [-0.2, -0.15) is 0 Å². The molecule has 0 amide bonds. The minimum absolute atomic E-state index is 0. The first-order valence-electron chi connectivity index (χ1n) is 3.30. The molecule has 0 fully saturated rings. The molecule has 0 spiro atoms. The van der Waals surface area contributed by atoms with E-state index in [0.717, 1.165) is 0 Å². The van der Waals surface area contributed by atoms with Crippen LogP contribution in [0.15, 0.2) is 30.3 Å². The van der Waals surface area contributed by atoms with Crippen LogP contribution >= 0.6 is 7.60 Å². The van der Waals surface area contributed by atoms with E-state index < -0.39 is 13.4 Å². The molecule has 1 atom stereocenters. The molecule has 0 aliphatic carbocycles. The molecule has 0 aliphatic heterocycles. The van der Waals surface area contributed by atoms with Crippen LogP contribution in [-0.4, -0.2) is 74.0 Å². The molecule has 68 valence electrons. The molecule has 2 radical (unpaired) electrons. The van der Waals surface area contributed by atoms with E-state index >= 15 is 0 Å². The summed E-state index contributed by atoms with van der Waals surface area (Å²) in [7, 11) is -4.42. The van der Waals surface area contributed by atoms with Gasteiger partial charge in [0.2, 0.25) is 0 Å². The van der Waals surface area contributed by atoms with E-state index in [-0.39, 0.29) is 64.7 Å². The summed E-state index contributed by atoms with van der Waals surface area (Å²) >= 11 is 0. The number of aliphatic hydroxyl groups excluding tert-OH is 1. The third-order valence-corrected chi connectivity index (χ3v) is 2.35. The zero-order chi connectivity index (χ0) is 9.19. The first-order valence-corrected chi connectivity index (χ1v) is 4.98. The van der Waals surface area contributed by atoms with E-state index in [2.05, 4.69) is 0 Å². The van der Waals surface area contributed by atoms with Gasteiger partial charge in [0, 0.05) is 59.1 Å². The number of benzene rings is 1. The molecule has 3 N–H and O–H groups in total. The SMILES string of the molecule is O=P(O)(O)C(O)c1ccccc1.[Na].[Na]. The zero-order valence-electron chi connectivity index (χ0n) is 8.16. The Morgan fingerprint density at radius 1 is 1.07 bits per heavy atom. The Balaban J connectivity index is 0. The van der Waals surface area contributed by atoms with Crippen molar-refractivity contribution in [1.29, 1.82) is 0 Å². The summed E-state index contributed by atoms with van der Waals surface area (Å²) in [5.41, 5.74) is 0.228. The Bertz CT molecular complexity index is 300. The smallest absolute Gasteiger partial charge is 0.358 e. The minimum Gasteiger partial charge on any atom is -0.376 e. The fourth-order valence-electron chi connectivity index (χ4n) is 0.819. The Morgan fingerprint density at radius 2 is 1.50 bits per heavy atom. The van der Waals surface area contributed by atoms with Crippen LogP contribution in [-0.2, 0) is 4.57 Å². The average Bonchev–Trinajstić information content (AvgIpc) is 2.03. The van der Waals surface area contributed by atoms with E-state index in [9.17, 15) is 4.57 Å². The summed E-state index contributed by atoms with van der Waals surface area (Å²) in [4.78, 5) is 17.2. The van der Waals surface area contributed by atoms with E-state index in [1.165, 1.54) is 12.1 Å². The summed E-state index contributed by atoms with van der Waals surface area (Å²) in [5.74, 6) is -1.71. The third kappa shape index (κ3) is 5.42. The van der Waals surface area contributed by atoms with Crippen molar-refractivity contribution < 1.29 is 19.5 Å². The van der Waals surface area contributed by atoms with Gasteiger partial charge < -0.3 is 14.9 Å². The van der Waals surface area contributed by atoms with Gasteiger partial charge in [-0.25, -0.2) is 0 Å². The van der Waals surface area contributed by atoms with Gasteiger partial charge in [0.25, 0.3) is 0 Å². The first-order chi connectivity index (χ1) is 5.52. The quantitative estimate of drug-likeness (QED) is 0.500. The van der Waals surface area contributed by atoms with Crippen molar-refractivity contribution in [2.45, 2.75) is 5.85 Å². The fourth-order valence-corrected chi connectivity index (χ4v) is 1.38.